The van der Waals surface area contributed by atoms with Crippen LogP contribution in [0.15, 0.2) is 48.9 Å². The Bertz CT molecular complexity index is 185. The van der Waals surface area contributed by atoms with E-state index in [0.717, 1.165) is 5.57 Å². The summed E-state index contributed by atoms with van der Waals surface area (Å²) in [5.74, 6) is -0.229. The summed E-state index contributed by atoms with van der Waals surface area (Å²) in [7, 11) is 0. The summed E-state index contributed by atoms with van der Waals surface area (Å²) in [6.45, 7) is 6.99. The van der Waals surface area contributed by atoms with Gasteiger partial charge in [0, 0.05) is 6.08 Å². The predicted molar refractivity (Wildman–Crippen MR) is 43.4 cm³/mol. The van der Waals surface area contributed by atoms with Gasteiger partial charge in [0.05, 0.1) is 0 Å². The molecule has 0 amide bonds. The van der Waals surface area contributed by atoms with Gasteiger partial charge in [-0.05, 0) is 5.57 Å². The maximum Gasteiger partial charge on any atom is 0.182 e. The Labute approximate surface area is 60.7 Å². The summed E-state index contributed by atoms with van der Waals surface area (Å²) in [6.07, 6.45) is 6.26. The molecule has 0 unspecified atom stereocenters. The third-order valence-electron chi connectivity index (χ3n) is 0.861. The maximum atomic E-state index is 8.60. The van der Waals surface area contributed by atoms with E-state index in [0.29, 0.717) is 0 Å². The van der Waals surface area contributed by atoms with Crippen molar-refractivity contribution in [3.63, 3.8) is 0 Å². The van der Waals surface area contributed by atoms with Gasteiger partial charge in [-0.25, -0.2) is 0 Å². The second-order valence-corrected chi connectivity index (χ2v) is 1.68. The molecule has 0 spiro atoms. The Hall–Kier alpha value is -1.44. The average molecular weight is 137 g/mol. The fourth-order valence-corrected chi connectivity index (χ4v) is 0.482. The first-order chi connectivity index (χ1) is 4.70. The van der Waals surface area contributed by atoms with Gasteiger partial charge in [-0.1, -0.05) is 31.4 Å². The minimum atomic E-state index is -0.229. The van der Waals surface area contributed by atoms with Crippen LogP contribution in [-0.2, 0) is 0 Å². The molecule has 0 aliphatic heterocycles. The van der Waals surface area contributed by atoms with E-state index in [1.54, 1.807) is 18.2 Å². The second kappa shape index (κ2) is 4.44. The lowest BCUT2D eigenvalue weighted by molar-refractivity contribution is 0.405. The first-order valence-electron chi connectivity index (χ1n) is 2.82. The van der Waals surface area contributed by atoms with E-state index >= 15 is 0 Å². The number of nitrogens with two attached hydrogens (primary N) is 1. The summed E-state index contributed by atoms with van der Waals surface area (Å²) >= 11 is 0. The molecular weight excluding hydrogens is 126 g/mol. The van der Waals surface area contributed by atoms with E-state index in [-0.39, 0.29) is 5.88 Å². The third-order valence-corrected chi connectivity index (χ3v) is 0.861. The van der Waals surface area contributed by atoms with Gasteiger partial charge in [-0.2, -0.15) is 0 Å². The molecule has 3 N–H and O–H groups in total. The highest BCUT2D eigenvalue weighted by Crippen LogP contribution is 1.98. The van der Waals surface area contributed by atoms with E-state index in [1.807, 2.05) is 0 Å². The molecule has 0 aliphatic carbocycles. The smallest absolute Gasteiger partial charge is 0.182 e. The van der Waals surface area contributed by atoms with Crippen molar-refractivity contribution < 1.29 is 5.11 Å². The topological polar surface area (TPSA) is 46.2 Å². The highest BCUT2D eigenvalue weighted by molar-refractivity contribution is 5.32. The molecule has 2 nitrogen and oxygen atoms in total. The Morgan fingerprint density at radius 3 is 2.30 bits per heavy atom. The van der Waals surface area contributed by atoms with Crippen LogP contribution < -0.4 is 5.73 Å². The Kier molecular flexibility index (Phi) is 3.80. The molecule has 0 aliphatic rings. The zero-order valence-corrected chi connectivity index (χ0v) is 5.75. The van der Waals surface area contributed by atoms with E-state index < -0.39 is 0 Å². The molecule has 0 atom stereocenters. The van der Waals surface area contributed by atoms with Crippen LogP contribution in [0.2, 0.25) is 0 Å². The van der Waals surface area contributed by atoms with Gasteiger partial charge >= 0.3 is 0 Å². The summed E-state index contributed by atoms with van der Waals surface area (Å²) < 4.78 is 0. The van der Waals surface area contributed by atoms with Gasteiger partial charge in [0.15, 0.2) is 5.88 Å². The van der Waals surface area contributed by atoms with Gasteiger partial charge in [-0.15, -0.1) is 0 Å². The number of rotatable bonds is 3. The summed E-state index contributed by atoms with van der Waals surface area (Å²) in [5, 5.41) is 8.60. The molecule has 0 aromatic carbocycles. The van der Waals surface area contributed by atoms with Crippen LogP contribution in [0, 0.1) is 0 Å². The molecule has 0 fully saturated rings. The van der Waals surface area contributed by atoms with Crippen LogP contribution in [0.3, 0.4) is 0 Å². The number of hydrogen-bond acceptors (Lipinski definition) is 2. The fraction of sp³-hybridized carbons (Fsp3) is 0. The van der Waals surface area contributed by atoms with Crippen LogP contribution in [0.25, 0.3) is 0 Å². The Balaban J connectivity index is 4.37. The fourth-order valence-electron chi connectivity index (χ4n) is 0.482. The van der Waals surface area contributed by atoms with Crippen molar-refractivity contribution in [2.45, 2.75) is 0 Å². The first-order valence-corrected chi connectivity index (χ1v) is 2.82. The normalized spacial score (nSPS) is 12.8. The van der Waals surface area contributed by atoms with Gasteiger partial charge in [-0.3, -0.25) is 0 Å². The van der Waals surface area contributed by atoms with E-state index in [9.17, 15) is 0 Å². The van der Waals surface area contributed by atoms with E-state index in [2.05, 4.69) is 13.2 Å². The van der Waals surface area contributed by atoms with Crippen LogP contribution in [0.5, 0.6) is 0 Å². The molecule has 0 rings (SSSR count). The van der Waals surface area contributed by atoms with Gasteiger partial charge < -0.3 is 10.8 Å². The minimum absolute atomic E-state index is 0.229. The molecule has 0 saturated heterocycles. The molecule has 10 heavy (non-hydrogen) atoms. The molecule has 54 valence electrons. The monoisotopic (exact) mass is 137 g/mol. The number of hydrogen-bond donors (Lipinski definition) is 2. The van der Waals surface area contributed by atoms with Crippen molar-refractivity contribution in [1.82, 2.24) is 0 Å². The van der Waals surface area contributed by atoms with Crippen LogP contribution in [-0.4, -0.2) is 5.11 Å². The predicted octanol–water partition coefficient (Wildman–Crippen LogP) is 1.64. The summed E-state index contributed by atoms with van der Waals surface area (Å²) in [4.78, 5) is 0. The largest absolute Gasteiger partial charge is 0.495 e. The number of allylic oxidation sites excluding steroid dienone is 5. The van der Waals surface area contributed by atoms with Crippen molar-refractivity contribution in [1.29, 1.82) is 0 Å². The minimum Gasteiger partial charge on any atom is -0.495 e. The summed E-state index contributed by atoms with van der Waals surface area (Å²) in [5.41, 5.74) is 5.72. The van der Waals surface area contributed by atoms with Gasteiger partial charge in [0.2, 0.25) is 0 Å². The molecular formula is C8H11NO. The number of aliphatic hydroxyl groups is 1. The lowest BCUT2D eigenvalue weighted by Crippen LogP contribution is -1.93. The van der Waals surface area contributed by atoms with Crippen LogP contribution in [0.4, 0.5) is 0 Å². The van der Waals surface area contributed by atoms with Gasteiger partial charge in [0.25, 0.3) is 0 Å². The van der Waals surface area contributed by atoms with Crippen molar-refractivity contribution in [2.24, 2.45) is 5.73 Å². The Morgan fingerprint density at radius 2 is 2.00 bits per heavy atom. The highest BCUT2D eigenvalue weighted by Gasteiger charge is 1.84. The quantitative estimate of drug-likeness (QED) is 0.459. The average Bonchev–Trinajstić information content (AvgIpc) is 1.86. The molecule has 0 heterocycles. The van der Waals surface area contributed by atoms with Crippen molar-refractivity contribution in [2.75, 3.05) is 0 Å². The number of aliphatic hydroxyl groups excluding tert-OH is 1. The third kappa shape index (κ3) is 3.55. The second-order valence-electron chi connectivity index (χ2n) is 1.68. The van der Waals surface area contributed by atoms with Crippen LogP contribution in [0.1, 0.15) is 0 Å². The Morgan fingerprint density at radius 1 is 1.40 bits per heavy atom. The van der Waals surface area contributed by atoms with Crippen LogP contribution >= 0.6 is 0 Å². The molecule has 0 saturated carbocycles. The molecule has 0 bridgehead atoms. The van der Waals surface area contributed by atoms with Crippen molar-refractivity contribution in [3.05, 3.63) is 48.9 Å². The SMILES string of the molecule is C=C/C=C(C=C)\C=C(/N)O. The van der Waals surface area contributed by atoms with E-state index in [4.69, 9.17) is 10.8 Å². The van der Waals surface area contributed by atoms with Crippen molar-refractivity contribution >= 4 is 0 Å². The standard InChI is InChI=1S/C8H11NO/c1-3-5-7(4-2)6-8(9)10/h3-6,10H,1-2,9H2/b7-5-,8-6+. The lowest BCUT2D eigenvalue weighted by Gasteiger charge is -1.90. The molecule has 0 aromatic heterocycles. The zero-order valence-electron chi connectivity index (χ0n) is 5.75. The maximum absolute atomic E-state index is 8.60. The highest BCUT2D eigenvalue weighted by atomic mass is 16.3. The first kappa shape index (κ1) is 8.56. The van der Waals surface area contributed by atoms with Gasteiger partial charge in [0.1, 0.15) is 0 Å². The molecule has 0 aromatic rings. The molecule has 0 radical (unpaired) electrons. The molecule has 2 heteroatoms. The van der Waals surface area contributed by atoms with E-state index in [1.165, 1.54) is 6.08 Å². The summed E-state index contributed by atoms with van der Waals surface area (Å²) in [6, 6.07) is 0. The van der Waals surface area contributed by atoms with Crippen molar-refractivity contribution in [3.8, 4) is 0 Å². The lowest BCUT2D eigenvalue weighted by atomic mass is 10.2. The zero-order chi connectivity index (χ0) is 7.98.